The van der Waals surface area contributed by atoms with Crippen molar-refractivity contribution in [2.24, 2.45) is 28.1 Å². The van der Waals surface area contributed by atoms with Gasteiger partial charge >= 0.3 is 5.97 Å². The number of aromatic amines is 1. The van der Waals surface area contributed by atoms with Gasteiger partial charge in [0.05, 0.1) is 36.3 Å². The number of amides is 10. The molecular weight excluding hydrogens is 1250 g/mol. The van der Waals surface area contributed by atoms with Gasteiger partial charge in [-0.25, -0.2) is 0 Å². The molecule has 0 unspecified atom stereocenters. The maximum Gasteiger partial charge on any atom is 0.303 e. The molecule has 0 radical (unpaired) electrons. The average molecular weight is 1340 g/mol. The van der Waals surface area contributed by atoms with E-state index >= 15 is 0 Å². The highest BCUT2D eigenvalue weighted by Crippen LogP contribution is 2.19. The molecule has 23 N–H and O–H groups in total. The van der Waals surface area contributed by atoms with Crippen LogP contribution in [0.25, 0.3) is 10.9 Å². The van der Waals surface area contributed by atoms with Gasteiger partial charge in [0.15, 0.2) is 43.0 Å². The molecule has 0 bridgehead atoms. The lowest BCUT2D eigenvalue weighted by atomic mass is 10.0. The minimum Gasteiger partial charge on any atom is -0.481 e. The highest BCUT2D eigenvalue weighted by Gasteiger charge is 2.37. The molecule has 1 heterocycles. The molecule has 2 rings (SSSR count). The standard InChI is InChI=1S/C57H88N20O18/c1-28(2)19-37(26-82)70-48(56(95)74-43(51(90)61-7)67-34(23-79)11-10-18-62-57(59)60)77-55(94)47(69-36(25-81)15-17-42(86)87)76-54(93)46(68-35(24-80)14-16-41(58)85)75-53(92)44(64-29(3)22-78)72-50(89)31(5)66-52(91)45(73-49(88)30(4)65-32(6)84)71-38(27-83)20-33-21-63-40-13-9-8-12-39(33)40/h8-9,12-13,21-31,34-38,43-48,63-64,67-71H,10-11,14-20H2,1-7H3,(H2,58,85)(H,61,90)(H,65,84)(H,66,91)(H,72,89)(H,73,88)(H,74,95)(H,75,92)(H,76,93)(H,77,94)(H,86,87)(H4,59,60,62)/t29-,30-,31-,34+,35+,36+,37+,38+,43+,44+,45+,46-,47+,48-/m0/s1. The number of H-pyrrole nitrogens is 1. The zero-order chi connectivity index (χ0) is 71.5. The number of likely N-dealkylation sites (N-methyl/N-ethyl adjacent to an activating group) is 1. The first-order valence-corrected chi connectivity index (χ1v) is 29.9. The number of nitrogens with one attached hydrogen (secondary N) is 16. The predicted octanol–water partition coefficient (Wildman–Crippen LogP) is -8.67. The summed E-state index contributed by atoms with van der Waals surface area (Å²) in [7, 11) is 1.19. The van der Waals surface area contributed by atoms with Crippen LogP contribution < -0.4 is 97.0 Å². The minimum absolute atomic E-state index is 0.0237. The zero-order valence-corrected chi connectivity index (χ0v) is 53.4. The number of guanidine groups is 1. The third-order valence-corrected chi connectivity index (χ3v) is 13.6. The SMILES string of the molecule is CNC(=O)[C@@H](NC(=O)[C@H](NC(=O)[C@@H](NC(=O)[C@H](NC(=O)[C@@H](NC(=O)[C@H](C)NC(=O)[C@@H](NC(=O)[C@H](C)NC(C)=O)N[C@@H](C=O)Cc1c[nH]c2ccccc12)N[C@@H](C)C=O)N[C@@H](C=O)CCC(N)=O)N[C@@H](C=O)CCC(=O)O)N[C@@H](C=O)CC(C)C)N[C@@H](C=O)CCCN=C(N)N. The smallest absolute Gasteiger partial charge is 0.303 e. The summed E-state index contributed by atoms with van der Waals surface area (Å²) in [5.74, 6) is -13.3. The number of primary amides is 1. The van der Waals surface area contributed by atoms with E-state index in [9.17, 15) is 86.6 Å². The molecule has 0 saturated carbocycles. The number of nitrogens with zero attached hydrogens (tertiary/aromatic N) is 1. The van der Waals surface area contributed by atoms with Crippen LogP contribution in [-0.2, 0) is 87.9 Å². The van der Waals surface area contributed by atoms with Gasteiger partial charge in [0, 0.05) is 50.5 Å². The van der Waals surface area contributed by atoms with E-state index in [4.69, 9.17) is 17.2 Å². The number of benzene rings is 1. The molecule has 38 heteroatoms. The van der Waals surface area contributed by atoms with Crippen LogP contribution in [0.1, 0.15) is 92.1 Å². The number of carboxylic acid groups (broad SMARTS) is 1. The number of carbonyl (C=O) groups excluding carboxylic acids is 16. The lowest BCUT2D eigenvalue weighted by molar-refractivity contribution is -0.138. The Morgan fingerprint density at radius 2 is 0.916 bits per heavy atom. The largest absolute Gasteiger partial charge is 0.481 e. The number of hydrogen-bond acceptors (Lipinski definition) is 24. The molecule has 0 aliphatic rings. The molecular formula is C57H88N20O18. The van der Waals surface area contributed by atoms with E-state index in [-0.39, 0.29) is 63.0 Å². The fourth-order valence-corrected chi connectivity index (χ4v) is 8.81. The molecule has 0 fully saturated rings. The summed E-state index contributed by atoms with van der Waals surface area (Å²) in [5.41, 5.74) is 17.5. The van der Waals surface area contributed by atoms with Gasteiger partial charge in [-0.15, -0.1) is 0 Å². The van der Waals surface area contributed by atoms with Gasteiger partial charge in [-0.05, 0) is 76.8 Å². The van der Waals surface area contributed by atoms with Crippen molar-refractivity contribution < 1.29 is 86.6 Å². The number of aliphatic imine (C=N–C) groups is 1. The van der Waals surface area contributed by atoms with Crippen LogP contribution in [0.2, 0.25) is 0 Å². The van der Waals surface area contributed by atoms with Gasteiger partial charge < -0.3 is 104 Å². The van der Waals surface area contributed by atoms with E-state index < -0.39 is 176 Å². The van der Waals surface area contributed by atoms with Crippen molar-refractivity contribution in [2.45, 2.75) is 178 Å². The van der Waals surface area contributed by atoms with Crippen molar-refractivity contribution in [3.8, 4) is 0 Å². The summed E-state index contributed by atoms with van der Waals surface area (Å²) in [4.78, 5) is 229. The molecule has 1 aromatic heterocycles. The highest BCUT2D eigenvalue weighted by atomic mass is 16.4. The first-order chi connectivity index (χ1) is 44.9. The summed E-state index contributed by atoms with van der Waals surface area (Å²) in [6.07, 6.45) is -10.7. The number of carboxylic acids is 1. The summed E-state index contributed by atoms with van der Waals surface area (Å²) >= 11 is 0. The van der Waals surface area contributed by atoms with Gasteiger partial charge in [0.25, 0.3) is 35.4 Å². The summed E-state index contributed by atoms with van der Waals surface area (Å²) < 4.78 is 0. The van der Waals surface area contributed by atoms with Crippen LogP contribution >= 0.6 is 0 Å². The Bertz CT molecular complexity index is 3030. The molecule has 10 amide bonds. The number of fused-ring (bicyclic) bond motifs is 1. The topological polar surface area (TPSA) is 597 Å². The van der Waals surface area contributed by atoms with Crippen LogP contribution in [-0.4, -0.2) is 218 Å². The molecule has 0 saturated heterocycles. The van der Waals surface area contributed by atoms with Crippen molar-refractivity contribution in [3.05, 3.63) is 36.0 Å². The molecule has 524 valence electrons. The number of hydrogen-bond donors (Lipinski definition) is 20. The Kier molecular flexibility index (Phi) is 36.1. The summed E-state index contributed by atoms with van der Waals surface area (Å²) in [5, 5.41) is 46.2. The molecule has 38 nitrogen and oxygen atoms in total. The van der Waals surface area contributed by atoms with Gasteiger partial charge in [0.2, 0.25) is 23.6 Å². The van der Waals surface area contributed by atoms with Crippen molar-refractivity contribution in [2.75, 3.05) is 13.6 Å². The van der Waals surface area contributed by atoms with Crippen molar-refractivity contribution in [1.29, 1.82) is 0 Å². The lowest BCUT2D eigenvalue weighted by Crippen LogP contribution is -2.69. The second-order valence-corrected chi connectivity index (χ2v) is 22.1. The van der Waals surface area contributed by atoms with Gasteiger partial charge in [-0.2, -0.15) is 0 Å². The molecule has 95 heavy (non-hydrogen) atoms. The second kappa shape index (κ2) is 42.3. The van der Waals surface area contributed by atoms with E-state index in [1.54, 1.807) is 44.3 Å². The zero-order valence-electron chi connectivity index (χ0n) is 53.4. The monoisotopic (exact) mass is 1340 g/mol. The van der Waals surface area contributed by atoms with E-state index in [1.807, 2.05) is 0 Å². The van der Waals surface area contributed by atoms with Gasteiger partial charge in [0.1, 0.15) is 49.8 Å². The third-order valence-electron chi connectivity index (χ3n) is 13.6. The Morgan fingerprint density at radius 1 is 0.505 bits per heavy atom. The Labute approximate surface area is 545 Å². The number of aldehydes is 6. The van der Waals surface area contributed by atoms with E-state index in [0.717, 1.165) is 24.8 Å². The molecule has 14 atom stereocenters. The van der Waals surface area contributed by atoms with Gasteiger partial charge in [-0.3, -0.25) is 89.6 Å². The number of carbonyl (C=O) groups is 17. The average Bonchev–Trinajstić information content (AvgIpc) is 1.92. The van der Waals surface area contributed by atoms with Crippen LogP contribution in [0, 0.1) is 5.92 Å². The van der Waals surface area contributed by atoms with Crippen LogP contribution in [0.4, 0.5) is 0 Å². The lowest BCUT2D eigenvalue weighted by Gasteiger charge is -2.31. The molecule has 0 aliphatic heterocycles. The number of para-hydroxylation sites is 1. The van der Waals surface area contributed by atoms with E-state index in [0.29, 0.717) is 24.4 Å². The van der Waals surface area contributed by atoms with Crippen molar-refractivity contribution >= 4 is 120 Å². The van der Waals surface area contributed by atoms with Gasteiger partial charge in [-0.1, -0.05) is 32.0 Å². The molecule has 2 aromatic rings. The van der Waals surface area contributed by atoms with E-state index in [1.165, 1.54) is 20.9 Å². The maximum atomic E-state index is 14.7. The maximum absolute atomic E-state index is 14.7. The van der Waals surface area contributed by atoms with Crippen molar-refractivity contribution in [1.82, 2.24) is 84.7 Å². The second-order valence-electron chi connectivity index (χ2n) is 22.1. The molecule has 1 aromatic carbocycles. The number of rotatable bonds is 48. The van der Waals surface area contributed by atoms with Crippen LogP contribution in [0.5, 0.6) is 0 Å². The number of aromatic nitrogens is 1. The minimum atomic E-state index is -2.29. The Hall–Kier alpha value is -10.0. The third kappa shape index (κ3) is 30.1. The Morgan fingerprint density at radius 3 is 1.35 bits per heavy atom. The molecule has 0 aliphatic carbocycles. The van der Waals surface area contributed by atoms with Crippen LogP contribution in [0.15, 0.2) is 35.5 Å². The number of nitrogens with two attached hydrogens (primary N) is 3. The summed E-state index contributed by atoms with van der Waals surface area (Å²) in [6.45, 7) is 8.26. The first-order valence-electron chi connectivity index (χ1n) is 29.9. The van der Waals surface area contributed by atoms with Crippen molar-refractivity contribution in [3.63, 3.8) is 0 Å². The fraction of sp³-hybridized carbons (Fsp3) is 0.544. The highest BCUT2D eigenvalue weighted by molar-refractivity contribution is 5.98. The summed E-state index contributed by atoms with van der Waals surface area (Å²) in [6, 6.07) is -3.83. The predicted molar refractivity (Wildman–Crippen MR) is 337 cm³/mol. The normalized spacial score (nSPS) is 15.5. The Balaban J connectivity index is 2.70. The van der Waals surface area contributed by atoms with E-state index in [2.05, 4.69) is 89.7 Å². The fourth-order valence-electron chi connectivity index (χ4n) is 8.81. The number of aliphatic carboxylic acids is 1. The molecule has 0 spiro atoms. The first kappa shape index (κ1) is 81.1. The quantitative estimate of drug-likeness (QED) is 0.00962. The van der Waals surface area contributed by atoms with Crippen LogP contribution in [0.3, 0.4) is 0 Å².